The van der Waals surface area contributed by atoms with E-state index < -0.39 is 0 Å². The molecule has 1 fully saturated rings. The summed E-state index contributed by atoms with van der Waals surface area (Å²) < 4.78 is 0. The van der Waals surface area contributed by atoms with Gasteiger partial charge < -0.3 is 10.2 Å². The average molecular weight is 233 g/mol. The third kappa shape index (κ3) is 2.54. The molecule has 1 aromatic heterocycles. The van der Waals surface area contributed by atoms with E-state index in [0.717, 1.165) is 12.4 Å². The summed E-state index contributed by atoms with van der Waals surface area (Å²) in [6.45, 7) is 7.62. The SMILES string of the molecule is CCNc1cc(N2C(C)CCC2CC)ccn1. The summed E-state index contributed by atoms with van der Waals surface area (Å²) in [6, 6.07) is 5.65. The van der Waals surface area contributed by atoms with E-state index in [9.17, 15) is 0 Å². The first-order chi connectivity index (χ1) is 8.26. The summed E-state index contributed by atoms with van der Waals surface area (Å²) in [5.41, 5.74) is 1.31. The lowest BCUT2D eigenvalue weighted by Crippen LogP contribution is -2.34. The molecule has 2 heterocycles. The molecule has 1 aromatic rings. The lowest BCUT2D eigenvalue weighted by molar-refractivity contribution is 0.628. The number of anilines is 2. The predicted octanol–water partition coefficient (Wildman–Crippen LogP) is 3.28. The van der Waals surface area contributed by atoms with Gasteiger partial charge in [0.05, 0.1) is 0 Å². The first-order valence-corrected chi connectivity index (χ1v) is 6.74. The van der Waals surface area contributed by atoms with Gasteiger partial charge in [0.25, 0.3) is 0 Å². The maximum Gasteiger partial charge on any atom is 0.127 e. The van der Waals surface area contributed by atoms with Gasteiger partial charge in [-0.2, -0.15) is 0 Å². The molecule has 2 atom stereocenters. The summed E-state index contributed by atoms with van der Waals surface area (Å²) in [5, 5.41) is 3.28. The van der Waals surface area contributed by atoms with E-state index >= 15 is 0 Å². The molecule has 2 unspecified atom stereocenters. The van der Waals surface area contributed by atoms with Crippen LogP contribution in [-0.4, -0.2) is 23.6 Å². The Labute approximate surface area is 104 Å². The number of hydrogen-bond acceptors (Lipinski definition) is 3. The van der Waals surface area contributed by atoms with Crippen molar-refractivity contribution in [3.05, 3.63) is 18.3 Å². The lowest BCUT2D eigenvalue weighted by atomic mass is 10.1. The van der Waals surface area contributed by atoms with Crippen LogP contribution in [0.15, 0.2) is 18.3 Å². The van der Waals surface area contributed by atoms with Crippen molar-refractivity contribution in [2.75, 3.05) is 16.8 Å². The topological polar surface area (TPSA) is 28.2 Å². The highest BCUT2D eigenvalue weighted by molar-refractivity contribution is 5.55. The second-order valence-corrected chi connectivity index (χ2v) is 4.83. The minimum Gasteiger partial charge on any atom is -0.370 e. The standard InChI is InChI=1S/C14H23N3/c1-4-12-7-6-11(3)17(12)13-8-9-16-14(10-13)15-5-2/h8-12H,4-7H2,1-3H3,(H,15,16). The van der Waals surface area contributed by atoms with Crippen molar-refractivity contribution < 1.29 is 0 Å². The van der Waals surface area contributed by atoms with Gasteiger partial charge in [-0.3, -0.25) is 0 Å². The van der Waals surface area contributed by atoms with Crippen molar-refractivity contribution in [1.82, 2.24) is 4.98 Å². The molecule has 3 nitrogen and oxygen atoms in total. The van der Waals surface area contributed by atoms with Crippen LogP contribution < -0.4 is 10.2 Å². The van der Waals surface area contributed by atoms with Gasteiger partial charge in [-0.1, -0.05) is 6.92 Å². The summed E-state index contributed by atoms with van der Waals surface area (Å²) in [7, 11) is 0. The Balaban J connectivity index is 2.22. The summed E-state index contributed by atoms with van der Waals surface area (Å²) in [6.07, 6.45) is 5.75. The van der Waals surface area contributed by atoms with Crippen LogP contribution in [0, 0.1) is 0 Å². The maximum absolute atomic E-state index is 4.34. The van der Waals surface area contributed by atoms with Crippen molar-refractivity contribution in [1.29, 1.82) is 0 Å². The molecule has 0 radical (unpaired) electrons. The molecule has 3 heteroatoms. The smallest absolute Gasteiger partial charge is 0.127 e. The van der Waals surface area contributed by atoms with Gasteiger partial charge in [-0.25, -0.2) is 4.98 Å². The normalized spacial score (nSPS) is 24.1. The van der Waals surface area contributed by atoms with Crippen LogP contribution in [0.4, 0.5) is 11.5 Å². The fourth-order valence-electron chi connectivity index (χ4n) is 2.80. The van der Waals surface area contributed by atoms with Crippen LogP contribution in [0.2, 0.25) is 0 Å². The lowest BCUT2D eigenvalue weighted by Gasteiger charge is -2.30. The second kappa shape index (κ2) is 5.39. The Hall–Kier alpha value is -1.25. The van der Waals surface area contributed by atoms with Crippen molar-refractivity contribution >= 4 is 11.5 Å². The highest BCUT2D eigenvalue weighted by atomic mass is 15.2. The molecule has 0 amide bonds. The van der Waals surface area contributed by atoms with Crippen LogP contribution in [0.3, 0.4) is 0 Å². The molecule has 1 aliphatic rings. The van der Waals surface area contributed by atoms with Crippen LogP contribution in [0.5, 0.6) is 0 Å². The summed E-state index contributed by atoms with van der Waals surface area (Å²) in [4.78, 5) is 6.90. The Bertz CT molecular complexity index is 364. The molecule has 0 aliphatic carbocycles. The molecule has 0 saturated carbocycles. The Morgan fingerprint density at radius 1 is 1.41 bits per heavy atom. The van der Waals surface area contributed by atoms with E-state index in [1.807, 2.05) is 6.20 Å². The number of rotatable bonds is 4. The molecule has 17 heavy (non-hydrogen) atoms. The van der Waals surface area contributed by atoms with E-state index in [1.165, 1.54) is 24.9 Å². The fraction of sp³-hybridized carbons (Fsp3) is 0.643. The average Bonchev–Trinajstić information content (AvgIpc) is 2.71. The molecule has 2 rings (SSSR count). The van der Waals surface area contributed by atoms with Gasteiger partial charge >= 0.3 is 0 Å². The highest BCUT2D eigenvalue weighted by Crippen LogP contribution is 2.32. The Kier molecular flexibility index (Phi) is 3.87. The fourth-order valence-corrected chi connectivity index (χ4v) is 2.80. The van der Waals surface area contributed by atoms with Crippen LogP contribution >= 0.6 is 0 Å². The number of nitrogens with zero attached hydrogens (tertiary/aromatic N) is 2. The minimum atomic E-state index is 0.650. The van der Waals surface area contributed by atoms with E-state index in [1.54, 1.807) is 0 Å². The molecule has 1 saturated heterocycles. The van der Waals surface area contributed by atoms with E-state index in [0.29, 0.717) is 12.1 Å². The van der Waals surface area contributed by atoms with Crippen LogP contribution in [0.25, 0.3) is 0 Å². The quantitative estimate of drug-likeness (QED) is 0.865. The summed E-state index contributed by atoms with van der Waals surface area (Å²) in [5.74, 6) is 0.985. The van der Waals surface area contributed by atoms with Gasteiger partial charge in [0.1, 0.15) is 5.82 Å². The largest absolute Gasteiger partial charge is 0.370 e. The highest BCUT2D eigenvalue weighted by Gasteiger charge is 2.29. The first kappa shape index (κ1) is 12.2. The van der Waals surface area contributed by atoms with Crippen molar-refractivity contribution in [2.24, 2.45) is 0 Å². The third-order valence-corrected chi connectivity index (χ3v) is 3.66. The second-order valence-electron chi connectivity index (χ2n) is 4.83. The molecular weight excluding hydrogens is 210 g/mol. The van der Waals surface area contributed by atoms with Gasteiger partial charge in [0.2, 0.25) is 0 Å². The Morgan fingerprint density at radius 3 is 2.94 bits per heavy atom. The number of nitrogens with one attached hydrogen (secondary N) is 1. The Morgan fingerprint density at radius 2 is 2.24 bits per heavy atom. The van der Waals surface area contributed by atoms with Crippen LogP contribution in [0.1, 0.15) is 40.0 Å². The number of hydrogen-bond donors (Lipinski definition) is 1. The first-order valence-electron chi connectivity index (χ1n) is 6.74. The van der Waals surface area contributed by atoms with Gasteiger partial charge in [0, 0.05) is 36.6 Å². The zero-order chi connectivity index (χ0) is 12.3. The molecule has 1 N–H and O–H groups in total. The van der Waals surface area contributed by atoms with E-state index in [2.05, 4.69) is 48.1 Å². The molecule has 0 aromatic carbocycles. The molecular formula is C14H23N3. The van der Waals surface area contributed by atoms with Gasteiger partial charge in [-0.05, 0) is 39.2 Å². The molecule has 0 bridgehead atoms. The van der Waals surface area contributed by atoms with Crippen molar-refractivity contribution in [3.63, 3.8) is 0 Å². The number of aromatic nitrogens is 1. The van der Waals surface area contributed by atoms with Gasteiger partial charge in [-0.15, -0.1) is 0 Å². The van der Waals surface area contributed by atoms with E-state index in [4.69, 9.17) is 0 Å². The summed E-state index contributed by atoms with van der Waals surface area (Å²) >= 11 is 0. The monoisotopic (exact) mass is 233 g/mol. The maximum atomic E-state index is 4.34. The third-order valence-electron chi connectivity index (χ3n) is 3.66. The minimum absolute atomic E-state index is 0.650. The zero-order valence-electron chi connectivity index (χ0n) is 11.1. The van der Waals surface area contributed by atoms with E-state index in [-0.39, 0.29) is 0 Å². The van der Waals surface area contributed by atoms with Crippen LogP contribution in [-0.2, 0) is 0 Å². The molecule has 1 aliphatic heterocycles. The number of pyridine rings is 1. The van der Waals surface area contributed by atoms with Gasteiger partial charge in [0.15, 0.2) is 0 Å². The van der Waals surface area contributed by atoms with Crippen molar-refractivity contribution in [3.8, 4) is 0 Å². The molecule has 0 spiro atoms. The predicted molar refractivity (Wildman–Crippen MR) is 73.7 cm³/mol. The molecule has 94 valence electrons. The van der Waals surface area contributed by atoms with Crippen molar-refractivity contribution in [2.45, 2.75) is 52.1 Å². The zero-order valence-corrected chi connectivity index (χ0v) is 11.1.